The number of anilines is 1. The summed E-state index contributed by atoms with van der Waals surface area (Å²) in [5.74, 6) is 1.65. The van der Waals surface area contributed by atoms with E-state index in [1.807, 2.05) is 36.2 Å². The van der Waals surface area contributed by atoms with Crippen molar-refractivity contribution in [3.63, 3.8) is 0 Å². The second-order valence-electron chi connectivity index (χ2n) is 4.71. The van der Waals surface area contributed by atoms with Crippen LogP contribution in [0.3, 0.4) is 0 Å². The first-order valence-electron chi connectivity index (χ1n) is 6.46. The van der Waals surface area contributed by atoms with Gasteiger partial charge in [-0.15, -0.1) is 0 Å². The van der Waals surface area contributed by atoms with Crippen LogP contribution in [0.4, 0.5) is 5.82 Å². The van der Waals surface area contributed by atoms with Crippen LogP contribution in [0, 0.1) is 0 Å². The molecule has 2 aromatic rings. The maximum atomic E-state index is 9.82. The molecule has 0 fully saturated rings. The van der Waals surface area contributed by atoms with E-state index in [2.05, 4.69) is 4.98 Å². The number of ether oxygens (including phenoxy) is 2. The number of aliphatic hydroxyl groups excluding tert-OH is 1. The van der Waals surface area contributed by atoms with Gasteiger partial charge in [0.05, 0.1) is 19.8 Å². The molecule has 0 saturated carbocycles. The minimum atomic E-state index is -0.541. The first kappa shape index (κ1) is 14.6. The van der Waals surface area contributed by atoms with Crippen LogP contribution < -0.4 is 9.64 Å². The Morgan fingerprint density at radius 3 is 2.80 bits per heavy atom. The number of hydrogen-bond donors (Lipinski definition) is 1. The molecule has 1 unspecified atom stereocenters. The molecule has 0 aliphatic heterocycles. The smallest absolute Gasteiger partial charge is 0.136 e. The third kappa shape index (κ3) is 3.18. The van der Waals surface area contributed by atoms with E-state index in [1.54, 1.807) is 20.4 Å². The van der Waals surface area contributed by atoms with Gasteiger partial charge in [-0.2, -0.15) is 0 Å². The molecule has 108 valence electrons. The molecule has 5 heteroatoms. The fourth-order valence-corrected chi connectivity index (χ4v) is 2.22. The summed E-state index contributed by atoms with van der Waals surface area (Å²) < 4.78 is 10.2. The molecule has 0 amide bonds. The van der Waals surface area contributed by atoms with Gasteiger partial charge in [-0.1, -0.05) is 0 Å². The average Bonchev–Trinajstić information content (AvgIpc) is 2.46. The largest absolute Gasteiger partial charge is 0.497 e. The lowest BCUT2D eigenvalue weighted by atomic mass is 10.1. The first-order valence-corrected chi connectivity index (χ1v) is 6.46. The van der Waals surface area contributed by atoms with Crippen LogP contribution in [0.25, 0.3) is 10.8 Å². The third-order valence-electron chi connectivity index (χ3n) is 3.16. The van der Waals surface area contributed by atoms with Gasteiger partial charge in [-0.3, -0.25) is 0 Å². The van der Waals surface area contributed by atoms with Gasteiger partial charge in [0.1, 0.15) is 11.6 Å². The summed E-state index contributed by atoms with van der Waals surface area (Å²) >= 11 is 0. The number of likely N-dealkylation sites (N-methyl/N-ethyl adjacent to an activating group) is 1. The fraction of sp³-hybridized carbons (Fsp3) is 0.400. The summed E-state index contributed by atoms with van der Waals surface area (Å²) in [5.41, 5.74) is 0. The van der Waals surface area contributed by atoms with Crippen LogP contribution >= 0.6 is 0 Å². The number of fused-ring (bicyclic) bond motifs is 1. The highest BCUT2D eigenvalue weighted by atomic mass is 16.5. The number of pyridine rings is 1. The maximum Gasteiger partial charge on any atom is 0.136 e. The van der Waals surface area contributed by atoms with Gasteiger partial charge in [-0.25, -0.2) is 4.98 Å². The maximum absolute atomic E-state index is 9.82. The lowest BCUT2D eigenvalue weighted by Crippen LogP contribution is -2.32. The Kier molecular flexibility index (Phi) is 4.76. The fourth-order valence-electron chi connectivity index (χ4n) is 2.22. The lowest BCUT2D eigenvalue weighted by molar-refractivity contribution is 0.0694. The van der Waals surface area contributed by atoms with Gasteiger partial charge in [0.15, 0.2) is 0 Å². The Labute approximate surface area is 118 Å². The molecule has 0 aliphatic rings. The zero-order valence-corrected chi connectivity index (χ0v) is 12.0. The first-order chi connectivity index (χ1) is 9.65. The topological polar surface area (TPSA) is 54.8 Å². The van der Waals surface area contributed by atoms with E-state index < -0.39 is 6.10 Å². The molecule has 0 aliphatic carbocycles. The van der Waals surface area contributed by atoms with Gasteiger partial charge in [0.2, 0.25) is 0 Å². The van der Waals surface area contributed by atoms with Gasteiger partial charge in [0.25, 0.3) is 0 Å². The minimum Gasteiger partial charge on any atom is -0.497 e. The normalized spacial score (nSPS) is 12.4. The van der Waals surface area contributed by atoms with E-state index in [0.29, 0.717) is 13.2 Å². The Hall–Kier alpha value is -1.85. The minimum absolute atomic E-state index is 0.308. The molecule has 1 aromatic heterocycles. The molecule has 0 bridgehead atoms. The van der Waals surface area contributed by atoms with Crippen molar-refractivity contribution in [2.24, 2.45) is 0 Å². The molecule has 20 heavy (non-hydrogen) atoms. The van der Waals surface area contributed by atoms with E-state index in [-0.39, 0.29) is 0 Å². The quantitative estimate of drug-likeness (QED) is 0.870. The van der Waals surface area contributed by atoms with Gasteiger partial charge < -0.3 is 19.5 Å². The van der Waals surface area contributed by atoms with Crippen LogP contribution in [0.1, 0.15) is 0 Å². The van der Waals surface area contributed by atoms with Crippen LogP contribution in [0.15, 0.2) is 30.5 Å². The summed E-state index contributed by atoms with van der Waals surface area (Å²) in [6.45, 7) is 0.773. The molecule has 1 N–H and O–H groups in total. The summed E-state index contributed by atoms with van der Waals surface area (Å²) in [7, 11) is 5.13. The number of hydrogen-bond acceptors (Lipinski definition) is 5. The van der Waals surface area contributed by atoms with Crippen molar-refractivity contribution >= 4 is 16.6 Å². The molecule has 0 radical (unpaired) electrons. The number of methoxy groups -OCH3 is 2. The highest BCUT2D eigenvalue weighted by Crippen LogP contribution is 2.27. The van der Waals surface area contributed by atoms with Crippen LogP contribution in [-0.2, 0) is 4.74 Å². The Morgan fingerprint density at radius 1 is 1.30 bits per heavy atom. The lowest BCUT2D eigenvalue weighted by Gasteiger charge is -2.22. The predicted octanol–water partition coefficient (Wildman–Crippen LogP) is 1.69. The number of nitrogens with zero attached hydrogens (tertiary/aromatic N) is 2. The summed E-state index contributed by atoms with van der Waals surface area (Å²) in [4.78, 5) is 6.34. The predicted molar refractivity (Wildman–Crippen MR) is 79.4 cm³/mol. The number of rotatable bonds is 6. The Morgan fingerprint density at radius 2 is 2.10 bits per heavy atom. The third-order valence-corrected chi connectivity index (χ3v) is 3.16. The van der Waals surface area contributed by atoms with Crippen molar-refractivity contribution in [3.05, 3.63) is 30.5 Å². The highest BCUT2D eigenvalue weighted by Gasteiger charge is 2.12. The SMILES string of the molecule is COCC(O)CN(C)c1nccc2cc(OC)ccc12. The zero-order valence-electron chi connectivity index (χ0n) is 12.0. The number of aromatic nitrogens is 1. The van der Waals surface area contributed by atoms with Crippen molar-refractivity contribution in [2.75, 3.05) is 39.3 Å². The van der Waals surface area contributed by atoms with Crippen LogP contribution in [0.5, 0.6) is 5.75 Å². The molecule has 1 aromatic carbocycles. The van der Waals surface area contributed by atoms with Gasteiger partial charge in [-0.05, 0) is 29.7 Å². The van der Waals surface area contributed by atoms with Crippen molar-refractivity contribution in [3.8, 4) is 5.75 Å². The van der Waals surface area contributed by atoms with Crippen LogP contribution in [0.2, 0.25) is 0 Å². The zero-order chi connectivity index (χ0) is 14.5. The molecule has 0 spiro atoms. The number of aliphatic hydroxyl groups is 1. The monoisotopic (exact) mass is 276 g/mol. The molecule has 1 atom stereocenters. The number of benzene rings is 1. The molecular weight excluding hydrogens is 256 g/mol. The van der Waals surface area contributed by atoms with E-state index >= 15 is 0 Å². The van der Waals surface area contributed by atoms with Crippen molar-refractivity contribution in [1.82, 2.24) is 4.98 Å². The van der Waals surface area contributed by atoms with Crippen LogP contribution in [-0.4, -0.2) is 50.6 Å². The summed E-state index contributed by atoms with van der Waals surface area (Å²) in [6, 6.07) is 7.81. The second-order valence-corrected chi connectivity index (χ2v) is 4.71. The summed E-state index contributed by atoms with van der Waals surface area (Å²) in [6.07, 6.45) is 1.22. The summed E-state index contributed by atoms with van der Waals surface area (Å²) in [5, 5.41) is 11.9. The Balaban J connectivity index is 2.29. The van der Waals surface area contributed by atoms with E-state index in [9.17, 15) is 5.11 Å². The molecular formula is C15H20N2O3. The second kappa shape index (κ2) is 6.54. The van der Waals surface area contributed by atoms with E-state index in [0.717, 1.165) is 22.3 Å². The average molecular weight is 276 g/mol. The molecule has 2 rings (SSSR count). The van der Waals surface area contributed by atoms with Gasteiger partial charge >= 0.3 is 0 Å². The standard InChI is InChI=1S/C15H20N2O3/c1-17(9-12(18)10-19-2)15-14-5-4-13(20-3)8-11(14)6-7-16-15/h4-8,12,18H,9-10H2,1-3H3. The highest BCUT2D eigenvalue weighted by molar-refractivity contribution is 5.92. The van der Waals surface area contributed by atoms with E-state index in [4.69, 9.17) is 9.47 Å². The van der Waals surface area contributed by atoms with Crippen molar-refractivity contribution in [2.45, 2.75) is 6.10 Å². The molecule has 5 nitrogen and oxygen atoms in total. The van der Waals surface area contributed by atoms with Crippen molar-refractivity contribution < 1.29 is 14.6 Å². The van der Waals surface area contributed by atoms with Crippen molar-refractivity contribution in [1.29, 1.82) is 0 Å². The van der Waals surface area contributed by atoms with Gasteiger partial charge in [0, 0.05) is 32.3 Å². The molecule has 1 heterocycles. The molecule has 0 saturated heterocycles. The Bertz CT molecular complexity index is 574. The van der Waals surface area contributed by atoms with E-state index in [1.165, 1.54) is 0 Å².